The Morgan fingerprint density at radius 3 is 2.25 bits per heavy atom. The molecule has 3 rings (SSSR count). The fourth-order valence-corrected chi connectivity index (χ4v) is 3.54. The van der Waals surface area contributed by atoms with Crippen molar-refractivity contribution in [2.75, 3.05) is 27.2 Å². The summed E-state index contributed by atoms with van der Waals surface area (Å²) >= 11 is 0. The van der Waals surface area contributed by atoms with Crippen LogP contribution in [0.5, 0.6) is 0 Å². The van der Waals surface area contributed by atoms with Crippen LogP contribution in [0.3, 0.4) is 0 Å². The summed E-state index contributed by atoms with van der Waals surface area (Å²) in [6, 6.07) is 0. The number of halogens is 1. The average molecular weight is 337 g/mol. The van der Waals surface area contributed by atoms with E-state index in [4.69, 9.17) is 4.74 Å². The summed E-state index contributed by atoms with van der Waals surface area (Å²) < 4.78 is 5.95. The van der Waals surface area contributed by atoms with Gasteiger partial charge in [0.05, 0.1) is 12.2 Å². The first-order valence-corrected chi connectivity index (χ1v) is 5.88. The maximum Gasteiger partial charge on any atom is 0.193 e. The topological polar surface area (TPSA) is 36.9 Å². The third-order valence-corrected chi connectivity index (χ3v) is 4.19. The number of hydrogen-bond donors (Lipinski definition) is 1. The average Bonchev–Trinajstić information content (AvgIpc) is 2.90. The Labute approximate surface area is 114 Å². The molecule has 5 heteroatoms. The molecular formula is C11H20IN3O. The lowest BCUT2D eigenvalue weighted by Gasteiger charge is -2.21. The van der Waals surface area contributed by atoms with Crippen LogP contribution in [0, 0.1) is 11.8 Å². The first-order valence-electron chi connectivity index (χ1n) is 5.88. The van der Waals surface area contributed by atoms with Crippen LogP contribution in [-0.2, 0) is 4.74 Å². The largest absolute Gasteiger partial charge is 0.374 e. The minimum atomic E-state index is 0. The van der Waals surface area contributed by atoms with E-state index in [9.17, 15) is 0 Å². The van der Waals surface area contributed by atoms with Crippen LogP contribution in [0.4, 0.5) is 0 Å². The van der Waals surface area contributed by atoms with Crippen molar-refractivity contribution in [1.82, 2.24) is 10.2 Å². The van der Waals surface area contributed by atoms with Gasteiger partial charge in [0.1, 0.15) is 0 Å². The van der Waals surface area contributed by atoms with E-state index in [1.54, 1.807) is 0 Å². The van der Waals surface area contributed by atoms with E-state index in [1.807, 2.05) is 14.1 Å². The Morgan fingerprint density at radius 2 is 1.81 bits per heavy atom. The van der Waals surface area contributed by atoms with E-state index in [-0.39, 0.29) is 24.0 Å². The number of ether oxygens (including phenoxy) is 1. The van der Waals surface area contributed by atoms with E-state index >= 15 is 0 Å². The van der Waals surface area contributed by atoms with Crippen LogP contribution in [0.25, 0.3) is 0 Å². The first-order chi connectivity index (χ1) is 7.33. The van der Waals surface area contributed by atoms with Crippen molar-refractivity contribution in [2.24, 2.45) is 16.8 Å². The maximum atomic E-state index is 5.95. The second-order valence-electron chi connectivity index (χ2n) is 4.82. The summed E-state index contributed by atoms with van der Waals surface area (Å²) in [4.78, 5) is 6.66. The van der Waals surface area contributed by atoms with Crippen molar-refractivity contribution >= 4 is 29.9 Å². The fraction of sp³-hybridized carbons (Fsp3) is 0.909. The minimum Gasteiger partial charge on any atom is -0.374 e. The highest BCUT2D eigenvalue weighted by Gasteiger charge is 2.53. The lowest BCUT2D eigenvalue weighted by atomic mass is 9.82. The van der Waals surface area contributed by atoms with Gasteiger partial charge in [-0.2, -0.15) is 0 Å². The second-order valence-corrected chi connectivity index (χ2v) is 4.82. The summed E-state index contributed by atoms with van der Waals surface area (Å²) in [5.41, 5.74) is 0. The Kier molecular flexibility index (Phi) is 3.63. The van der Waals surface area contributed by atoms with Crippen molar-refractivity contribution in [3.05, 3.63) is 0 Å². The number of nitrogens with zero attached hydrogens (tertiary/aromatic N) is 2. The highest BCUT2D eigenvalue weighted by atomic mass is 127. The monoisotopic (exact) mass is 337 g/mol. The van der Waals surface area contributed by atoms with Gasteiger partial charge in [-0.05, 0) is 12.8 Å². The summed E-state index contributed by atoms with van der Waals surface area (Å²) in [5, 5.41) is 3.17. The first kappa shape index (κ1) is 12.4. The van der Waals surface area contributed by atoms with Crippen molar-refractivity contribution < 1.29 is 4.74 Å². The van der Waals surface area contributed by atoms with Gasteiger partial charge in [0.2, 0.25) is 0 Å². The number of guanidine groups is 1. The van der Waals surface area contributed by atoms with Crippen LogP contribution in [0.15, 0.2) is 4.99 Å². The van der Waals surface area contributed by atoms with Gasteiger partial charge in [0.25, 0.3) is 0 Å². The molecule has 3 heterocycles. The predicted octanol–water partition coefficient (Wildman–Crippen LogP) is 0.919. The van der Waals surface area contributed by atoms with E-state index in [0.29, 0.717) is 12.2 Å². The van der Waals surface area contributed by atoms with E-state index < -0.39 is 0 Å². The molecule has 0 amide bonds. The molecule has 4 atom stereocenters. The molecule has 3 aliphatic heterocycles. The Morgan fingerprint density at radius 1 is 1.25 bits per heavy atom. The maximum absolute atomic E-state index is 5.95. The molecule has 1 N–H and O–H groups in total. The second kappa shape index (κ2) is 4.68. The molecule has 4 nitrogen and oxygen atoms in total. The molecule has 92 valence electrons. The molecule has 0 aliphatic carbocycles. The number of fused-ring (bicyclic) bond motifs is 5. The molecular weight excluding hydrogens is 317 g/mol. The van der Waals surface area contributed by atoms with Gasteiger partial charge >= 0.3 is 0 Å². The van der Waals surface area contributed by atoms with Crippen molar-refractivity contribution in [3.63, 3.8) is 0 Å². The lowest BCUT2D eigenvalue weighted by molar-refractivity contribution is 0.0767. The van der Waals surface area contributed by atoms with E-state index in [1.165, 1.54) is 12.8 Å². The van der Waals surface area contributed by atoms with Crippen LogP contribution >= 0.6 is 24.0 Å². The van der Waals surface area contributed by atoms with Crippen LogP contribution in [-0.4, -0.2) is 50.3 Å². The van der Waals surface area contributed by atoms with Crippen molar-refractivity contribution in [2.45, 2.75) is 25.0 Å². The van der Waals surface area contributed by atoms with Gasteiger partial charge in [0, 0.05) is 39.0 Å². The molecule has 3 aliphatic rings. The molecule has 0 aromatic heterocycles. The number of nitrogens with one attached hydrogen (secondary N) is 1. The molecule has 0 aromatic carbocycles. The van der Waals surface area contributed by atoms with Gasteiger partial charge < -0.3 is 15.0 Å². The van der Waals surface area contributed by atoms with Gasteiger partial charge in [-0.15, -0.1) is 24.0 Å². The van der Waals surface area contributed by atoms with E-state index in [2.05, 4.69) is 15.2 Å². The van der Waals surface area contributed by atoms with Gasteiger partial charge in [-0.3, -0.25) is 4.99 Å². The van der Waals surface area contributed by atoms with Crippen LogP contribution < -0.4 is 5.32 Å². The Balaban J connectivity index is 0.000000963. The van der Waals surface area contributed by atoms with Crippen LogP contribution in [0.1, 0.15) is 12.8 Å². The summed E-state index contributed by atoms with van der Waals surface area (Å²) in [6.07, 6.45) is 3.63. The molecule has 0 spiro atoms. The molecule has 0 aromatic rings. The number of rotatable bonds is 0. The van der Waals surface area contributed by atoms with Gasteiger partial charge in [0.15, 0.2) is 5.96 Å². The normalized spacial score (nSPS) is 40.9. The summed E-state index contributed by atoms with van der Waals surface area (Å²) in [7, 11) is 3.80. The summed E-state index contributed by atoms with van der Waals surface area (Å²) in [6.45, 7) is 2.25. The highest BCUT2D eigenvalue weighted by Crippen LogP contribution is 2.47. The molecule has 3 saturated heterocycles. The molecule has 2 bridgehead atoms. The summed E-state index contributed by atoms with van der Waals surface area (Å²) in [5.74, 6) is 2.55. The smallest absolute Gasteiger partial charge is 0.193 e. The third kappa shape index (κ3) is 1.72. The number of aliphatic imine (C=N–C) groups is 1. The van der Waals surface area contributed by atoms with Crippen molar-refractivity contribution in [3.8, 4) is 0 Å². The van der Waals surface area contributed by atoms with Gasteiger partial charge in [-0.1, -0.05) is 0 Å². The standard InChI is InChI=1S/C11H19N3O.HI/c1-12-11(13-2)14-5-7-8(6-14)10-4-3-9(7)15-10;/h7-10H,3-6H2,1-2H3,(H,12,13);1H. The van der Waals surface area contributed by atoms with Crippen molar-refractivity contribution in [1.29, 1.82) is 0 Å². The SMILES string of the molecule is CN=C(NC)N1CC2C3CCC(O3)C2C1.I. The molecule has 0 radical (unpaired) electrons. The third-order valence-electron chi connectivity index (χ3n) is 4.19. The quantitative estimate of drug-likeness (QED) is 0.406. The lowest BCUT2D eigenvalue weighted by Crippen LogP contribution is -2.39. The molecule has 0 saturated carbocycles. The zero-order valence-electron chi connectivity index (χ0n) is 9.85. The van der Waals surface area contributed by atoms with Crippen LogP contribution in [0.2, 0.25) is 0 Å². The van der Waals surface area contributed by atoms with Gasteiger partial charge in [-0.25, -0.2) is 0 Å². The van der Waals surface area contributed by atoms with E-state index in [0.717, 1.165) is 30.9 Å². The molecule has 4 unspecified atom stereocenters. The fourth-order valence-electron chi connectivity index (χ4n) is 3.54. The Hall–Kier alpha value is -0.0400. The number of likely N-dealkylation sites (tertiary alicyclic amines) is 1. The minimum absolute atomic E-state index is 0. The predicted molar refractivity (Wildman–Crippen MR) is 74.3 cm³/mol. The zero-order valence-corrected chi connectivity index (χ0v) is 12.2. The number of hydrogen-bond acceptors (Lipinski definition) is 2. The molecule has 16 heavy (non-hydrogen) atoms. The zero-order chi connectivity index (χ0) is 10.4. The Bertz CT molecular complexity index is 279. The highest BCUT2D eigenvalue weighted by molar-refractivity contribution is 14.0. The molecule has 3 fully saturated rings.